The molecule has 1 aromatic carbocycles. The standard InChI is InChI=1S/C18H26BrFN4O2/c1-3-24(4-2)18(26)13-23-9-7-22(8-10-23)12-17(25)21-16-6-5-14(19)11-15(16)20/h5-6,11H,3-4,7-10,12-13H2,1-2H3,(H,21,25). The molecule has 2 rings (SSSR count). The highest BCUT2D eigenvalue weighted by molar-refractivity contribution is 9.10. The fourth-order valence-corrected chi connectivity index (χ4v) is 3.29. The Balaban J connectivity index is 1.76. The van der Waals surface area contributed by atoms with E-state index in [1.807, 2.05) is 23.6 Å². The van der Waals surface area contributed by atoms with E-state index < -0.39 is 5.82 Å². The molecule has 1 N–H and O–H groups in total. The molecular formula is C18H26BrFN4O2. The van der Waals surface area contributed by atoms with Crippen molar-refractivity contribution in [2.24, 2.45) is 0 Å². The van der Waals surface area contributed by atoms with Crippen molar-refractivity contribution >= 4 is 33.4 Å². The summed E-state index contributed by atoms with van der Waals surface area (Å²) in [7, 11) is 0. The minimum absolute atomic E-state index is 0.145. The molecule has 144 valence electrons. The average Bonchev–Trinajstić information content (AvgIpc) is 2.60. The smallest absolute Gasteiger partial charge is 0.238 e. The van der Waals surface area contributed by atoms with Crippen LogP contribution in [0.25, 0.3) is 0 Å². The number of likely N-dealkylation sites (N-methyl/N-ethyl adjacent to an activating group) is 1. The fourth-order valence-electron chi connectivity index (χ4n) is 2.96. The highest BCUT2D eigenvalue weighted by atomic mass is 79.9. The topological polar surface area (TPSA) is 55.9 Å². The Hall–Kier alpha value is -1.51. The molecule has 6 nitrogen and oxygen atoms in total. The molecule has 0 aromatic heterocycles. The molecule has 0 radical (unpaired) electrons. The lowest BCUT2D eigenvalue weighted by atomic mass is 10.2. The molecule has 1 aliphatic heterocycles. The van der Waals surface area contributed by atoms with Gasteiger partial charge >= 0.3 is 0 Å². The summed E-state index contributed by atoms with van der Waals surface area (Å²) in [4.78, 5) is 30.3. The number of halogens is 2. The van der Waals surface area contributed by atoms with Gasteiger partial charge in [0.05, 0.1) is 18.8 Å². The van der Waals surface area contributed by atoms with Gasteiger partial charge in [0.15, 0.2) is 0 Å². The Bertz CT molecular complexity index is 632. The van der Waals surface area contributed by atoms with Crippen molar-refractivity contribution in [2.45, 2.75) is 13.8 Å². The maximum atomic E-state index is 13.8. The molecule has 26 heavy (non-hydrogen) atoms. The van der Waals surface area contributed by atoms with Gasteiger partial charge in [-0.3, -0.25) is 19.4 Å². The van der Waals surface area contributed by atoms with E-state index in [9.17, 15) is 14.0 Å². The summed E-state index contributed by atoms with van der Waals surface area (Å²) in [6.07, 6.45) is 0. The molecule has 1 aliphatic rings. The van der Waals surface area contributed by atoms with Gasteiger partial charge in [0, 0.05) is 43.7 Å². The SMILES string of the molecule is CCN(CC)C(=O)CN1CCN(CC(=O)Nc2ccc(Br)cc2F)CC1. The van der Waals surface area contributed by atoms with Crippen molar-refractivity contribution < 1.29 is 14.0 Å². The second kappa shape index (κ2) is 9.99. The quantitative estimate of drug-likeness (QED) is 0.721. The van der Waals surface area contributed by atoms with Crippen LogP contribution in [0.1, 0.15) is 13.8 Å². The van der Waals surface area contributed by atoms with Crippen LogP contribution in [0.15, 0.2) is 22.7 Å². The molecule has 1 saturated heterocycles. The van der Waals surface area contributed by atoms with Crippen LogP contribution in [0.3, 0.4) is 0 Å². The van der Waals surface area contributed by atoms with Crippen LogP contribution >= 0.6 is 15.9 Å². The number of amides is 2. The van der Waals surface area contributed by atoms with Crippen molar-refractivity contribution in [2.75, 3.05) is 57.7 Å². The highest BCUT2D eigenvalue weighted by Gasteiger charge is 2.22. The zero-order valence-corrected chi connectivity index (χ0v) is 16.9. The summed E-state index contributed by atoms with van der Waals surface area (Å²) >= 11 is 3.19. The second-order valence-electron chi connectivity index (χ2n) is 6.29. The number of anilines is 1. The van der Waals surface area contributed by atoms with Gasteiger partial charge < -0.3 is 10.2 Å². The van der Waals surface area contributed by atoms with Crippen LogP contribution in [0, 0.1) is 5.82 Å². The van der Waals surface area contributed by atoms with Gasteiger partial charge in [-0.2, -0.15) is 0 Å². The van der Waals surface area contributed by atoms with E-state index in [2.05, 4.69) is 26.1 Å². The van der Waals surface area contributed by atoms with E-state index in [-0.39, 0.29) is 24.0 Å². The van der Waals surface area contributed by atoms with Crippen LogP contribution < -0.4 is 5.32 Å². The first-order valence-electron chi connectivity index (χ1n) is 8.90. The minimum Gasteiger partial charge on any atom is -0.342 e. The van der Waals surface area contributed by atoms with Crippen LogP contribution in [0.2, 0.25) is 0 Å². The fraction of sp³-hybridized carbons (Fsp3) is 0.556. The summed E-state index contributed by atoms with van der Waals surface area (Å²) in [5.74, 6) is -0.557. The van der Waals surface area contributed by atoms with Crippen molar-refractivity contribution in [3.63, 3.8) is 0 Å². The maximum Gasteiger partial charge on any atom is 0.238 e. The molecule has 0 atom stereocenters. The molecule has 0 unspecified atom stereocenters. The molecule has 2 amide bonds. The second-order valence-corrected chi connectivity index (χ2v) is 7.21. The monoisotopic (exact) mass is 428 g/mol. The van der Waals surface area contributed by atoms with Gasteiger partial charge in [0.2, 0.25) is 11.8 Å². The largest absolute Gasteiger partial charge is 0.342 e. The number of rotatable bonds is 7. The highest BCUT2D eigenvalue weighted by Crippen LogP contribution is 2.19. The number of carbonyl (C=O) groups excluding carboxylic acids is 2. The Morgan fingerprint density at radius 3 is 2.23 bits per heavy atom. The van der Waals surface area contributed by atoms with Gasteiger partial charge in [-0.25, -0.2) is 4.39 Å². The lowest BCUT2D eigenvalue weighted by Crippen LogP contribution is -2.51. The van der Waals surface area contributed by atoms with E-state index in [0.717, 1.165) is 26.2 Å². The summed E-state index contributed by atoms with van der Waals surface area (Å²) in [5, 5.41) is 2.61. The number of carbonyl (C=O) groups is 2. The Morgan fingerprint density at radius 1 is 1.12 bits per heavy atom. The van der Waals surface area contributed by atoms with E-state index in [1.165, 1.54) is 12.1 Å². The third-order valence-electron chi connectivity index (χ3n) is 4.51. The van der Waals surface area contributed by atoms with E-state index in [4.69, 9.17) is 0 Å². The Kier molecular flexibility index (Phi) is 7.99. The Morgan fingerprint density at radius 2 is 1.69 bits per heavy atom. The van der Waals surface area contributed by atoms with Gasteiger partial charge in [0.1, 0.15) is 5.82 Å². The number of hydrogen-bond donors (Lipinski definition) is 1. The number of benzene rings is 1. The van der Waals surface area contributed by atoms with Crippen LogP contribution in [0.4, 0.5) is 10.1 Å². The van der Waals surface area contributed by atoms with Crippen molar-refractivity contribution in [3.8, 4) is 0 Å². The molecule has 1 aromatic rings. The molecule has 1 fully saturated rings. The van der Waals surface area contributed by atoms with E-state index >= 15 is 0 Å². The van der Waals surface area contributed by atoms with Gasteiger partial charge in [-0.15, -0.1) is 0 Å². The van der Waals surface area contributed by atoms with E-state index in [0.29, 0.717) is 24.1 Å². The first-order chi connectivity index (χ1) is 12.4. The number of piperazine rings is 1. The molecule has 0 saturated carbocycles. The predicted octanol–water partition coefficient (Wildman–Crippen LogP) is 2.01. The van der Waals surface area contributed by atoms with Gasteiger partial charge in [0.25, 0.3) is 0 Å². The minimum atomic E-state index is -0.465. The lowest BCUT2D eigenvalue weighted by Gasteiger charge is -2.34. The van der Waals surface area contributed by atoms with Gasteiger partial charge in [-0.1, -0.05) is 15.9 Å². The van der Waals surface area contributed by atoms with Crippen LogP contribution in [0.5, 0.6) is 0 Å². The summed E-state index contributed by atoms with van der Waals surface area (Å²) in [5.41, 5.74) is 0.182. The molecule has 8 heteroatoms. The average molecular weight is 429 g/mol. The number of hydrogen-bond acceptors (Lipinski definition) is 4. The molecular weight excluding hydrogens is 403 g/mol. The Labute approximate surface area is 162 Å². The summed E-state index contributed by atoms with van der Waals surface area (Å²) in [6, 6.07) is 4.54. The first kappa shape index (κ1) is 20.8. The van der Waals surface area contributed by atoms with Gasteiger partial charge in [-0.05, 0) is 32.0 Å². The number of nitrogens with one attached hydrogen (secondary N) is 1. The molecule has 0 aliphatic carbocycles. The zero-order chi connectivity index (χ0) is 19.1. The van der Waals surface area contributed by atoms with Crippen LogP contribution in [-0.2, 0) is 9.59 Å². The normalized spacial score (nSPS) is 15.7. The number of nitrogens with zero attached hydrogens (tertiary/aromatic N) is 3. The van der Waals surface area contributed by atoms with Crippen molar-refractivity contribution in [1.82, 2.24) is 14.7 Å². The first-order valence-corrected chi connectivity index (χ1v) is 9.69. The van der Waals surface area contributed by atoms with E-state index in [1.54, 1.807) is 6.07 Å². The van der Waals surface area contributed by atoms with Crippen molar-refractivity contribution in [1.29, 1.82) is 0 Å². The third kappa shape index (κ3) is 6.03. The molecule has 1 heterocycles. The van der Waals surface area contributed by atoms with Crippen molar-refractivity contribution in [3.05, 3.63) is 28.5 Å². The summed E-state index contributed by atoms with van der Waals surface area (Å²) in [6.45, 7) is 8.95. The molecule has 0 spiro atoms. The van der Waals surface area contributed by atoms with Crippen LogP contribution in [-0.4, -0.2) is 78.9 Å². The molecule has 0 bridgehead atoms. The predicted molar refractivity (Wildman–Crippen MR) is 104 cm³/mol. The lowest BCUT2D eigenvalue weighted by molar-refractivity contribution is -0.132. The zero-order valence-electron chi connectivity index (χ0n) is 15.3. The maximum absolute atomic E-state index is 13.8. The summed E-state index contributed by atoms with van der Waals surface area (Å²) < 4.78 is 14.4. The third-order valence-corrected chi connectivity index (χ3v) is 5.01.